The second-order valence-electron chi connectivity index (χ2n) is 5.35. The summed E-state index contributed by atoms with van der Waals surface area (Å²) in [5.74, 6) is 1.09. The Labute approximate surface area is 108 Å². The Morgan fingerprint density at radius 1 is 1.44 bits per heavy atom. The predicted molar refractivity (Wildman–Crippen MR) is 70.0 cm³/mol. The van der Waals surface area contributed by atoms with Gasteiger partial charge in [-0.15, -0.1) is 0 Å². The maximum atomic E-state index is 9.43. The molecule has 1 aromatic rings. The van der Waals surface area contributed by atoms with Gasteiger partial charge in [0.05, 0.1) is 6.04 Å². The van der Waals surface area contributed by atoms with Gasteiger partial charge in [-0.2, -0.15) is 0 Å². The number of nitrogens with zero attached hydrogens (tertiary/aromatic N) is 1. The molecule has 18 heavy (non-hydrogen) atoms. The van der Waals surface area contributed by atoms with Crippen LogP contribution in [0.2, 0.25) is 0 Å². The number of nitrogens with one attached hydrogen (secondary N) is 1. The Bertz CT molecular complexity index is 436. The molecule has 4 nitrogen and oxygen atoms in total. The van der Waals surface area contributed by atoms with Crippen molar-refractivity contribution in [2.45, 2.75) is 24.9 Å². The number of ether oxygens (including phenoxy) is 1. The number of phenolic OH excluding ortho intramolecular Hbond substituents is 1. The summed E-state index contributed by atoms with van der Waals surface area (Å²) in [6.45, 7) is 2.97. The average Bonchev–Trinajstić information content (AvgIpc) is 2.72. The van der Waals surface area contributed by atoms with E-state index in [-0.39, 0.29) is 11.8 Å². The Morgan fingerprint density at radius 2 is 2.33 bits per heavy atom. The van der Waals surface area contributed by atoms with E-state index >= 15 is 0 Å². The lowest BCUT2D eigenvalue weighted by Gasteiger charge is -2.32. The number of fused-ring (bicyclic) bond motifs is 1. The second kappa shape index (κ2) is 4.78. The highest BCUT2D eigenvalue weighted by Gasteiger charge is 2.27. The van der Waals surface area contributed by atoms with Crippen LogP contribution in [0.3, 0.4) is 0 Å². The van der Waals surface area contributed by atoms with Crippen LogP contribution in [0.1, 0.15) is 24.4 Å². The van der Waals surface area contributed by atoms with Crippen molar-refractivity contribution in [3.05, 3.63) is 23.8 Å². The van der Waals surface area contributed by atoms with Crippen LogP contribution in [0, 0.1) is 0 Å². The van der Waals surface area contributed by atoms with Crippen LogP contribution in [0.15, 0.2) is 18.2 Å². The number of benzene rings is 1. The number of likely N-dealkylation sites (N-methyl/N-ethyl adjacent to an activating group) is 1. The maximum Gasteiger partial charge on any atom is 0.127 e. The van der Waals surface area contributed by atoms with Gasteiger partial charge in [-0.3, -0.25) is 0 Å². The Kier molecular flexibility index (Phi) is 3.14. The summed E-state index contributed by atoms with van der Waals surface area (Å²) in [6, 6.07) is 6.19. The fourth-order valence-corrected chi connectivity index (χ4v) is 2.92. The molecule has 3 rings (SSSR count). The summed E-state index contributed by atoms with van der Waals surface area (Å²) in [5.41, 5.74) is 1.17. The topological polar surface area (TPSA) is 44.7 Å². The summed E-state index contributed by atoms with van der Waals surface area (Å²) in [5, 5.41) is 13.1. The first-order valence-electron chi connectivity index (χ1n) is 6.62. The van der Waals surface area contributed by atoms with Crippen LogP contribution in [0.25, 0.3) is 0 Å². The Balaban J connectivity index is 1.69. The van der Waals surface area contributed by atoms with Gasteiger partial charge in [0.15, 0.2) is 0 Å². The monoisotopic (exact) mass is 248 g/mol. The summed E-state index contributed by atoms with van der Waals surface area (Å²) in [7, 11) is 2.17. The fraction of sp³-hybridized carbons (Fsp3) is 0.571. The zero-order chi connectivity index (χ0) is 12.5. The minimum atomic E-state index is 0.261. The first-order chi connectivity index (χ1) is 8.72. The first kappa shape index (κ1) is 11.8. The first-order valence-corrected chi connectivity index (χ1v) is 6.62. The van der Waals surface area contributed by atoms with E-state index < -0.39 is 0 Å². The number of piperidine rings is 1. The van der Waals surface area contributed by atoms with E-state index in [0.717, 1.165) is 12.3 Å². The van der Waals surface area contributed by atoms with E-state index in [2.05, 4.69) is 17.3 Å². The molecule has 2 unspecified atom stereocenters. The molecule has 2 aliphatic rings. The number of rotatable bonds is 2. The van der Waals surface area contributed by atoms with Crippen LogP contribution in [-0.2, 0) is 0 Å². The molecule has 4 heteroatoms. The van der Waals surface area contributed by atoms with Crippen LogP contribution in [0.4, 0.5) is 0 Å². The second-order valence-corrected chi connectivity index (χ2v) is 5.35. The number of aromatic hydroxyl groups is 1. The molecule has 1 saturated heterocycles. The number of phenols is 1. The normalized spacial score (nSPS) is 27.8. The van der Waals surface area contributed by atoms with E-state index in [9.17, 15) is 5.11 Å². The van der Waals surface area contributed by atoms with E-state index in [1.165, 1.54) is 24.9 Å². The van der Waals surface area contributed by atoms with E-state index in [0.29, 0.717) is 12.6 Å². The molecule has 0 saturated carbocycles. The molecule has 0 aromatic heterocycles. The molecular weight excluding hydrogens is 228 g/mol. The van der Waals surface area contributed by atoms with Gasteiger partial charge in [0.2, 0.25) is 0 Å². The maximum absolute atomic E-state index is 9.43. The molecule has 2 N–H and O–H groups in total. The zero-order valence-electron chi connectivity index (χ0n) is 10.7. The summed E-state index contributed by atoms with van der Waals surface area (Å²) < 4.78 is 5.62. The van der Waals surface area contributed by atoms with Gasteiger partial charge < -0.3 is 20.1 Å². The van der Waals surface area contributed by atoms with Crippen LogP contribution in [0.5, 0.6) is 11.5 Å². The number of hydrogen-bond donors (Lipinski definition) is 2. The van der Waals surface area contributed by atoms with Gasteiger partial charge in [0.25, 0.3) is 0 Å². The third kappa shape index (κ3) is 2.31. The van der Waals surface area contributed by atoms with E-state index in [1.807, 2.05) is 6.07 Å². The van der Waals surface area contributed by atoms with Crippen molar-refractivity contribution in [3.8, 4) is 11.5 Å². The van der Waals surface area contributed by atoms with Gasteiger partial charge in [0.1, 0.15) is 18.1 Å². The third-order valence-corrected chi connectivity index (χ3v) is 3.84. The van der Waals surface area contributed by atoms with E-state index in [4.69, 9.17) is 4.74 Å². The molecule has 2 aliphatic heterocycles. The Morgan fingerprint density at radius 3 is 3.17 bits per heavy atom. The highest BCUT2D eigenvalue weighted by molar-refractivity contribution is 5.44. The van der Waals surface area contributed by atoms with Gasteiger partial charge in [-0.25, -0.2) is 0 Å². The molecule has 1 aromatic carbocycles. The van der Waals surface area contributed by atoms with Crippen molar-refractivity contribution in [2.75, 3.05) is 26.7 Å². The molecule has 0 bridgehead atoms. The molecule has 0 amide bonds. The molecule has 0 spiro atoms. The van der Waals surface area contributed by atoms with Crippen molar-refractivity contribution in [1.29, 1.82) is 0 Å². The SMILES string of the molecule is CN1CCCC(NC2COc3cc(O)ccc32)C1. The standard InChI is InChI=1S/C14H20N2O2/c1-16-6-2-3-10(8-16)15-13-9-18-14-7-11(17)4-5-12(13)14/h4-5,7,10,13,15,17H,2-3,6,8-9H2,1H3. The molecule has 2 atom stereocenters. The van der Waals surface area contributed by atoms with Crippen molar-refractivity contribution in [3.63, 3.8) is 0 Å². The van der Waals surface area contributed by atoms with Crippen molar-refractivity contribution in [2.24, 2.45) is 0 Å². The molecule has 1 fully saturated rings. The molecule has 0 radical (unpaired) electrons. The number of likely N-dealkylation sites (tertiary alicyclic amines) is 1. The van der Waals surface area contributed by atoms with Crippen LogP contribution < -0.4 is 10.1 Å². The molecule has 0 aliphatic carbocycles. The van der Waals surface area contributed by atoms with Gasteiger partial charge in [0, 0.05) is 24.2 Å². The highest BCUT2D eigenvalue weighted by atomic mass is 16.5. The van der Waals surface area contributed by atoms with Crippen molar-refractivity contribution in [1.82, 2.24) is 10.2 Å². The minimum Gasteiger partial charge on any atom is -0.508 e. The lowest BCUT2D eigenvalue weighted by Crippen LogP contribution is -2.45. The highest BCUT2D eigenvalue weighted by Crippen LogP contribution is 2.35. The quantitative estimate of drug-likeness (QED) is 0.832. The average molecular weight is 248 g/mol. The summed E-state index contributed by atoms with van der Waals surface area (Å²) in [4.78, 5) is 2.37. The largest absolute Gasteiger partial charge is 0.508 e. The van der Waals surface area contributed by atoms with Gasteiger partial charge in [-0.05, 0) is 38.6 Å². The lowest BCUT2D eigenvalue weighted by molar-refractivity contribution is 0.205. The molecule has 98 valence electrons. The van der Waals surface area contributed by atoms with E-state index in [1.54, 1.807) is 12.1 Å². The third-order valence-electron chi connectivity index (χ3n) is 3.84. The summed E-state index contributed by atoms with van der Waals surface area (Å²) in [6.07, 6.45) is 2.48. The predicted octanol–water partition coefficient (Wildman–Crippen LogP) is 1.51. The van der Waals surface area contributed by atoms with Crippen molar-refractivity contribution >= 4 is 0 Å². The minimum absolute atomic E-state index is 0.261. The summed E-state index contributed by atoms with van der Waals surface area (Å²) >= 11 is 0. The molecular formula is C14H20N2O2. The fourth-order valence-electron chi connectivity index (χ4n) is 2.92. The van der Waals surface area contributed by atoms with Crippen LogP contribution in [-0.4, -0.2) is 42.8 Å². The Hall–Kier alpha value is -1.26. The van der Waals surface area contributed by atoms with Gasteiger partial charge in [-0.1, -0.05) is 0 Å². The molecule has 2 heterocycles. The number of hydrogen-bond acceptors (Lipinski definition) is 4. The zero-order valence-corrected chi connectivity index (χ0v) is 10.7. The van der Waals surface area contributed by atoms with Crippen LogP contribution >= 0.6 is 0 Å². The lowest BCUT2D eigenvalue weighted by atomic mass is 10.0. The van der Waals surface area contributed by atoms with Crippen molar-refractivity contribution < 1.29 is 9.84 Å². The van der Waals surface area contributed by atoms with Gasteiger partial charge >= 0.3 is 0 Å². The smallest absolute Gasteiger partial charge is 0.127 e.